The van der Waals surface area contributed by atoms with Gasteiger partial charge in [-0.3, -0.25) is 14.9 Å². The van der Waals surface area contributed by atoms with Crippen molar-refractivity contribution in [1.29, 1.82) is 0 Å². The van der Waals surface area contributed by atoms with Crippen LogP contribution in [0.1, 0.15) is 44.1 Å². The van der Waals surface area contributed by atoms with E-state index < -0.39 is 4.92 Å². The minimum atomic E-state index is -0.471. The molecule has 25 heavy (non-hydrogen) atoms. The van der Waals surface area contributed by atoms with Crippen LogP contribution in [0.25, 0.3) is 5.69 Å². The SMILES string of the molecule is CCC(CC)CN(CC)C(=O)c1cn(-c2cccc([N+](=O)[O-])c2)nn1. The predicted octanol–water partition coefficient (Wildman–Crippen LogP) is 3.07. The molecule has 0 unspecified atom stereocenters. The highest BCUT2D eigenvalue weighted by atomic mass is 16.6. The Labute approximate surface area is 146 Å². The molecule has 134 valence electrons. The van der Waals surface area contributed by atoms with Crippen LogP contribution in [0.5, 0.6) is 0 Å². The summed E-state index contributed by atoms with van der Waals surface area (Å²) in [6.45, 7) is 7.45. The summed E-state index contributed by atoms with van der Waals surface area (Å²) in [7, 11) is 0. The average Bonchev–Trinajstić information content (AvgIpc) is 3.12. The van der Waals surface area contributed by atoms with Gasteiger partial charge in [0.15, 0.2) is 5.69 Å². The highest BCUT2D eigenvalue weighted by Crippen LogP contribution is 2.17. The van der Waals surface area contributed by atoms with Gasteiger partial charge in [-0.15, -0.1) is 5.10 Å². The molecular formula is C17H23N5O3. The molecule has 1 heterocycles. The molecule has 0 N–H and O–H groups in total. The van der Waals surface area contributed by atoms with Crippen molar-refractivity contribution in [2.24, 2.45) is 5.92 Å². The van der Waals surface area contributed by atoms with Gasteiger partial charge < -0.3 is 4.90 Å². The number of nitrogens with zero attached hydrogens (tertiary/aromatic N) is 5. The molecule has 0 atom stereocenters. The second-order valence-electron chi connectivity index (χ2n) is 5.85. The van der Waals surface area contributed by atoms with Gasteiger partial charge in [-0.05, 0) is 18.9 Å². The molecule has 0 fully saturated rings. The Hall–Kier alpha value is -2.77. The summed E-state index contributed by atoms with van der Waals surface area (Å²) >= 11 is 0. The zero-order valence-corrected chi connectivity index (χ0v) is 14.8. The van der Waals surface area contributed by atoms with Crippen LogP contribution in [0.2, 0.25) is 0 Å². The van der Waals surface area contributed by atoms with Crippen molar-refractivity contribution >= 4 is 11.6 Å². The quantitative estimate of drug-likeness (QED) is 0.541. The highest BCUT2D eigenvalue weighted by Gasteiger charge is 2.20. The third-order valence-corrected chi connectivity index (χ3v) is 4.32. The number of rotatable bonds is 8. The maximum Gasteiger partial charge on any atom is 0.276 e. The highest BCUT2D eigenvalue weighted by molar-refractivity contribution is 5.92. The molecule has 2 rings (SSSR count). The van der Waals surface area contributed by atoms with Crippen molar-refractivity contribution in [3.05, 3.63) is 46.3 Å². The fourth-order valence-electron chi connectivity index (χ4n) is 2.61. The van der Waals surface area contributed by atoms with Gasteiger partial charge >= 0.3 is 0 Å². The minimum Gasteiger partial charge on any atom is -0.337 e. The van der Waals surface area contributed by atoms with Gasteiger partial charge in [-0.2, -0.15) is 0 Å². The van der Waals surface area contributed by atoms with Crippen molar-refractivity contribution in [3.63, 3.8) is 0 Å². The normalized spacial score (nSPS) is 10.9. The smallest absolute Gasteiger partial charge is 0.276 e. The molecule has 0 aliphatic rings. The molecule has 8 heteroatoms. The molecule has 0 saturated heterocycles. The zero-order valence-electron chi connectivity index (χ0n) is 14.8. The van der Waals surface area contributed by atoms with Gasteiger partial charge in [0.2, 0.25) is 0 Å². The molecule has 0 spiro atoms. The number of non-ortho nitro benzene ring substituents is 1. The fraction of sp³-hybridized carbons (Fsp3) is 0.471. The Balaban J connectivity index is 2.20. The summed E-state index contributed by atoms with van der Waals surface area (Å²) in [5.74, 6) is 0.279. The standard InChI is InChI=1S/C17H23N5O3/c1-4-13(5-2)11-20(6-3)17(23)16-12-21(19-18-16)14-8-7-9-15(10-14)22(24)25/h7-10,12-13H,4-6,11H2,1-3H3. The molecule has 0 bridgehead atoms. The summed E-state index contributed by atoms with van der Waals surface area (Å²) < 4.78 is 1.38. The lowest BCUT2D eigenvalue weighted by atomic mass is 10.0. The first-order chi connectivity index (χ1) is 12.0. The molecule has 2 aromatic rings. The van der Waals surface area contributed by atoms with Crippen molar-refractivity contribution in [3.8, 4) is 5.69 Å². The van der Waals surface area contributed by atoms with E-state index >= 15 is 0 Å². The van der Waals surface area contributed by atoms with E-state index in [1.54, 1.807) is 17.0 Å². The summed E-state index contributed by atoms with van der Waals surface area (Å²) in [6.07, 6.45) is 3.54. The first kappa shape index (κ1) is 18.6. The van der Waals surface area contributed by atoms with E-state index in [9.17, 15) is 14.9 Å². The van der Waals surface area contributed by atoms with Crippen molar-refractivity contribution in [2.45, 2.75) is 33.6 Å². The van der Waals surface area contributed by atoms with Gasteiger partial charge in [0.1, 0.15) is 0 Å². The van der Waals surface area contributed by atoms with Crippen LogP contribution in [0.15, 0.2) is 30.5 Å². The molecule has 1 amide bonds. The van der Waals surface area contributed by atoms with E-state index in [2.05, 4.69) is 24.2 Å². The lowest BCUT2D eigenvalue weighted by molar-refractivity contribution is -0.384. The lowest BCUT2D eigenvalue weighted by Gasteiger charge is -2.24. The molecule has 0 saturated carbocycles. The Bertz CT molecular complexity index is 739. The van der Waals surface area contributed by atoms with Gasteiger partial charge in [0.25, 0.3) is 11.6 Å². The Morgan fingerprint density at radius 2 is 2.04 bits per heavy atom. The molecule has 8 nitrogen and oxygen atoms in total. The zero-order chi connectivity index (χ0) is 18.4. The fourth-order valence-corrected chi connectivity index (χ4v) is 2.61. The number of hydrogen-bond acceptors (Lipinski definition) is 5. The van der Waals surface area contributed by atoms with Crippen LogP contribution in [0, 0.1) is 16.0 Å². The predicted molar refractivity (Wildman–Crippen MR) is 93.7 cm³/mol. The molecular weight excluding hydrogens is 322 g/mol. The van der Waals surface area contributed by atoms with Crippen molar-refractivity contribution in [1.82, 2.24) is 19.9 Å². The topological polar surface area (TPSA) is 94.2 Å². The number of amides is 1. The largest absolute Gasteiger partial charge is 0.337 e. The number of nitro benzene ring substituents is 1. The maximum atomic E-state index is 12.7. The summed E-state index contributed by atoms with van der Waals surface area (Å²) in [6, 6.07) is 6.05. The summed E-state index contributed by atoms with van der Waals surface area (Å²) in [5, 5.41) is 18.8. The molecule has 0 aliphatic carbocycles. The van der Waals surface area contributed by atoms with Crippen molar-refractivity contribution < 1.29 is 9.72 Å². The van der Waals surface area contributed by atoms with Crippen LogP contribution in [0.3, 0.4) is 0 Å². The van der Waals surface area contributed by atoms with E-state index in [1.165, 1.54) is 23.0 Å². The monoisotopic (exact) mass is 345 g/mol. The molecule has 1 aromatic carbocycles. The van der Waals surface area contributed by atoms with Crippen LogP contribution in [0.4, 0.5) is 5.69 Å². The summed E-state index contributed by atoms with van der Waals surface area (Å²) in [4.78, 5) is 24.8. The second kappa shape index (κ2) is 8.36. The maximum absolute atomic E-state index is 12.7. The number of aromatic nitrogens is 3. The van der Waals surface area contributed by atoms with E-state index in [1.807, 2.05) is 6.92 Å². The van der Waals surface area contributed by atoms with Crippen molar-refractivity contribution in [2.75, 3.05) is 13.1 Å². The second-order valence-corrected chi connectivity index (χ2v) is 5.85. The van der Waals surface area contributed by atoms with Crippen LogP contribution in [-0.2, 0) is 0 Å². The first-order valence-corrected chi connectivity index (χ1v) is 8.46. The lowest BCUT2D eigenvalue weighted by Crippen LogP contribution is -2.35. The number of hydrogen-bond donors (Lipinski definition) is 0. The van der Waals surface area contributed by atoms with E-state index in [4.69, 9.17) is 0 Å². The molecule has 1 aromatic heterocycles. The molecule has 0 aliphatic heterocycles. The Morgan fingerprint density at radius 3 is 2.64 bits per heavy atom. The summed E-state index contributed by atoms with van der Waals surface area (Å²) in [5.41, 5.74) is 0.688. The number of benzene rings is 1. The van der Waals surface area contributed by atoms with Gasteiger partial charge in [-0.1, -0.05) is 38.0 Å². The third-order valence-electron chi connectivity index (χ3n) is 4.32. The average molecular weight is 345 g/mol. The first-order valence-electron chi connectivity index (χ1n) is 8.46. The van der Waals surface area contributed by atoms with Crippen LogP contribution >= 0.6 is 0 Å². The Morgan fingerprint density at radius 1 is 1.32 bits per heavy atom. The van der Waals surface area contributed by atoms with E-state index in [-0.39, 0.29) is 17.3 Å². The number of nitro groups is 1. The van der Waals surface area contributed by atoms with Gasteiger partial charge in [0.05, 0.1) is 16.8 Å². The van der Waals surface area contributed by atoms with Gasteiger partial charge in [0, 0.05) is 25.2 Å². The number of carbonyl (C=O) groups is 1. The molecule has 0 radical (unpaired) electrons. The number of carbonyl (C=O) groups excluding carboxylic acids is 1. The van der Waals surface area contributed by atoms with Crippen LogP contribution < -0.4 is 0 Å². The minimum absolute atomic E-state index is 0.0372. The van der Waals surface area contributed by atoms with Gasteiger partial charge in [-0.25, -0.2) is 4.68 Å². The van der Waals surface area contributed by atoms with E-state index in [0.29, 0.717) is 24.7 Å². The third kappa shape index (κ3) is 4.40. The van der Waals surface area contributed by atoms with Crippen LogP contribution in [-0.4, -0.2) is 43.8 Å². The van der Waals surface area contributed by atoms with E-state index in [0.717, 1.165) is 12.8 Å². The Kier molecular flexibility index (Phi) is 6.21.